The van der Waals surface area contributed by atoms with E-state index in [2.05, 4.69) is 28.5 Å². The first-order valence-corrected chi connectivity index (χ1v) is 12.2. The number of piperidine rings is 1. The Kier molecular flexibility index (Phi) is 6.13. The smallest absolute Gasteiger partial charge is 0.254 e. The van der Waals surface area contributed by atoms with E-state index in [4.69, 9.17) is 9.26 Å². The van der Waals surface area contributed by atoms with Crippen molar-refractivity contribution in [3.63, 3.8) is 0 Å². The summed E-state index contributed by atoms with van der Waals surface area (Å²) in [5, 5.41) is 5.16. The van der Waals surface area contributed by atoms with Crippen LogP contribution in [0.2, 0.25) is 0 Å². The molecule has 170 valence electrons. The third kappa shape index (κ3) is 4.50. The number of carbonyl (C=O) groups excluding carboxylic acids is 1. The van der Waals surface area contributed by atoms with Crippen LogP contribution in [-0.4, -0.2) is 41.1 Å². The molecule has 6 nitrogen and oxygen atoms in total. The van der Waals surface area contributed by atoms with Crippen molar-refractivity contribution in [1.29, 1.82) is 0 Å². The number of ether oxygens (including phenoxy) is 1. The number of likely N-dealkylation sites (tertiary alicyclic amines) is 1. The number of nitrogens with zero attached hydrogens (tertiary/aromatic N) is 2. The zero-order chi connectivity index (χ0) is 22.8. The second-order valence-electron chi connectivity index (χ2n) is 8.44. The number of hydrogen-bond acceptors (Lipinski definition) is 5. The van der Waals surface area contributed by atoms with Crippen LogP contribution in [0.15, 0.2) is 64.1 Å². The minimum atomic E-state index is 0.103. The average molecular weight is 462 g/mol. The molecule has 5 rings (SSSR count). The highest BCUT2D eigenvalue weighted by molar-refractivity contribution is 7.98. The molecule has 1 aliphatic rings. The van der Waals surface area contributed by atoms with E-state index in [9.17, 15) is 4.79 Å². The molecule has 1 N–H and O–H groups in total. The monoisotopic (exact) mass is 461 g/mol. The third-order valence-electron chi connectivity index (χ3n) is 6.31. The molecule has 1 fully saturated rings. The Bertz CT molecular complexity index is 1270. The number of benzene rings is 2. The summed E-state index contributed by atoms with van der Waals surface area (Å²) in [6.45, 7) is 3.41. The van der Waals surface area contributed by atoms with Crippen LogP contribution in [0.25, 0.3) is 10.9 Å². The minimum absolute atomic E-state index is 0.103. The van der Waals surface area contributed by atoms with Crippen LogP contribution in [0, 0.1) is 6.92 Å². The summed E-state index contributed by atoms with van der Waals surface area (Å²) in [5.41, 5.74) is 4.06. The highest BCUT2D eigenvalue weighted by Crippen LogP contribution is 2.35. The fourth-order valence-electron chi connectivity index (χ4n) is 4.55. The van der Waals surface area contributed by atoms with Gasteiger partial charge in [0.15, 0.2) is 0 Å². The van der Waals surface area contributed by atoms with E-state index in [1.807, 2.05) is 48.2 Å². The molecule has 1 aliphatic heterocycles. The van der Waals surface area contributed by atoms with Gasteiger partial charge in [0, 0.05) is 41.2 Å². The topological polar surface area (TPSA) is 71.4 Å². The lowest BCUT2D eigenvalue weighted by Crippen LogP contribution is -2.38. The zero-order valence-corrected chi connectivity index (χ0v) is 19.7. The van der Waals surface area contributed by atoms with Gasteiger partial charge in [-0.15, -0.1) is 11.8 Å². The highest BCUT2D eigenvalue weighted by Gasteiger charge is 2.27. The van der Waals surface area contributed by atoms with Gasteiger partial charge in [-0.05, 0) is 61.6 Å². The van der Waals surface area contributed by atoms with Gasteiger partial charge in [-0.1, -0.05) is 17.3 Å². The Morgan fingerprint density at radius 2 is 2.03 bits per heavy atom. The third-order valence-corrected chi connectivity index (χ3v) is 7.40. The van der Waals surface area contributed by atoms with Crippen LogP contribution in [0.4, 0.5) is 0 Å². The molecule has 1 amide bonds. The van der Waals surface area contributed by atoms with Gasteiger partial charge in [0.05, 0.1) is 24.1 Å². The van der Waals surface area contributed by atoms with Gasteiger partial charge in [0.25, 0.3) is 5.91 Å². The van der Waals surface area contributed by atoms with Crippen LogP contribution in [0.1, 0.15) is 46.1 Å². The zero-order valence-electron chi connectivity index (χ0n) is 18.8. The van der Waals surface area contributed by atoms with Crippen LogP contribution in [0.5, 0.6) is 5.75 Å². The van der Waals surface area contributed by atoms with Crippen molar-refractivity contribution in [2.75, 3.05) is 20.2 Å². The number of aromatic amines is 1. The van der Waals surface area contributed by atoms with Crippen LogP contribution >= 0.6 is 11.8 Å². The summed E-state index contributed by atoms with van der Waals surface area (Å²) in [7, 11) is 1.69. The van der Waals surface area contributed by atoms with Gasteiger partial charge in [-0.3, -0.25) is 4.79 Å². The highest BCUT2D eigenvalue weighted by atomic mass is 32.2. The normalized spacial score (nSPS) is 14.7. The lowest BCUT2D eigenvalue weighted by molar-refractivity contribution is 0.0710. The van der Waals surface area contributed by atoms with E-state index >= 15 is 0 Å². The summed E-state index contributed by atoms with van der Waals surface area (Å²) in [6, 6.07) is 15.9. The van der Waals surface area contributed by atoms with Crippen molar-refractivity contribution in [3.05, 3.63) is 77.3 Å². The van der Waals surface area contributed by atoms with Crippen molar-refractivity contribution in [2.24, 2.45) is 0 Å². The van der Waals surface area contributed by atoms with Gasteiger partial charge in [-0.25, -0.2) is 0 Å². The number of fused-ring (bicyclic) bond motifs is 1. The lowest BCUT2D eigenvalue weighted by Gasteiger charge is -2.32. The minimum Gasteiger partial charge on any atom is -0.497 e. The molecule has 0 aliphatic carbocycles. The molecule has 0 atom stereocenters. The summed E-state index contributed by atoms with van der Waals surface area (Å²) in [5.74, 6) is 2.86. The van der Waals surface area contributed by atoms with Gasteiger partial charge in [0.1, 0.15) is 11.5 Å². The van der Waals surface area contributed by atoms with E-state index in [-0.39, 0.29) is 5.91 Å². The number of H-pyrrole nitrogens is 1. The van der Waals surface area contributed by atoms with Crippen molar-refractivity contribution in [1.82, 2.24) is 15.0 Å². The molecule has 4 aromatic rings. The quantitative estimate of drug-likeness (QED) is 0.368. The van der Waals surface area contributed by atoms with Crippen LogP contribution in [-0.2, 0) is 5.75 Å². The molecule has 3 heterocycles. The number of hydrogen-bond donors (Lipinski definition) is 1. The van der Waals surface area contributed by atoms with Gasteiger partial charge < -0.3 is 19.1 Å². The fraction of sp³-hybridized carbons (Fsp3) is 0.308. The number of thioether (sulfide) groups is 1. The van der Waals surface area contributed by atoms with Gasteiger partial charge in [-0.2, -0.15) is 0 Å². The molecule has 0 spiro atoms. The van der Waals surface area contributed by atoms with Crippen molar-refractivity contribution in [3.8, 4) is 5.75 Å². The number of aromatic nitrogens is 2. The van der Waals surface area contributed by atoms with Gasteiger partial charge >= 0.3 is 0 Å². The number of aryl methyl sites for hydroxylation is 1. The molecule has 2 aromatic carbocycles. The summed E-state index contributed by atoms with van der Waals surface area (Å²) in [6.07, 6.45) is 4.01. The average Bonchev–Trinajstić information content (AvgIpc) is 3.48. The van der Waals surface area contributed by atoms with E-state index in [0.717, 1.165) is 59.1 Å². The van der Waals surface area contributed by atoms with Gasteiger partial charge in [0.2, 0.25) is 0 Å². The SMILES string of the molecule is COc1ccc2[nH]cc(C3CCN(C(=O)c4ccccc4SCc4cc(C)no4)CC3)c2c1. The molecular formula is C26H27N3O3S. The van der Waals surface area contributed by atoms with E-state index < -0.39 is 0 Å². The number of carbonyl (C=O) groups is 1. The lowest BCUT2D eigenvalue weighted by atomic mass is 9.89. The van der Waals surface area contributed by atoms with E-state index in [1.54, 1.807) is 18.9 Å². The summed E-state index contributed by atoms with van der Waals surface area (Å²) >= 11 is 1.61. The van der Waals surface area contributed by atoms with Crippen molar-refractivity contribution in [2.45, 2.75) is 36.3 Å². The number of nitrogens with one attached hydrogen (secondary N) is 1. The maximum absolute atomic E-state index is 13.4. The second kappa shape index (κ2) is 9.35. The number of methoxy groups -OCH3 is 1. The molecule has 0 bridgehead atoms. The van der Waals surface area contributed by atoms with Crippen LogP contribution in [0.3, 0.4) is 0 Å². The number of amides is 1. The predicted octanol–water partition coefficient (Wildman–Crippen LogP) is 5.79. The first-order valence-electron chi connectivity index (χ1n) is 11.2. The Morgan fingerprint density at radius 1 is 1.21 bits per heavy atom. The molecular weight excluding hydrogens is 434 g/mol. The molecule has 0 saturated carbocycles. The maximum atomic E-state index is 13.4. The molecule has 1 saturated heterocycles. The van der Waals surface area contributed by atoms with E-state index in [0.29, 0.717) is 11.7 Å². The fourth-order valence-corrected chi connectivity index (χ4v) is 5.47. The summed E-state index contributed by atoms with van der Waals surface area (Å²) in [4.78, 5) is 19.7. The maximum Gasteiger partial charge on any atom is 0.254 e. The Labute approximate surface area is 197 Å². The van der Waals surface area contributed by atoms with Crippen molar-refractivity contribution < 1.29 is 14.1 Å². The Morgan fingerprint density at radius 3 is 2.79 bits per heavy atom. The molecule has 7 heteroatoms. The van der Waals surface area contributed by atoms with E-state index in [1.165, 1.54) is 10.9 Å². The Balaban J connectivity index is 1.27. The first kappa shape index (κ1) is 21.6. The largest absolute Gasteiger partial charge is 0.497 e. The molecule has 33 heavy (non-hydrogen) atoms. The predicted molar refractivity (Wildman–Crippen MR) is 130 cm³/mol. The number of rotatable bonds is 6. The second-order valence-corrected chi connectivity index (χ2v) is 9.46. The van der Waals surface area contributed by atoms with Crippen LogP contribution < -0.4 is 4.74 Å². The first-order chi connectivity index (χ1) is 16.1. The standard InChI is InChI=1S/C26H27N3O3S/c1-17-13-20(32-28-17)16-33-25-6-4-3-5-21(25)26(30)29-11-9-18(10-12-29)23-15-27-24-8-7-19(31-2)14-22(23)24/h3-8,13-15,18,27H,9-12,16H2,1-2H3. The molecule has 0 radical (unpaired) electrons. The molecule has 0 unspecified atom stereocenters. The Hall–Kier alpha value is -3.19. The van der Waals surface area contributed by atoms with Crippen molar-refractivity contribution >= 4 is 28.6 Å². The summed E-state index contributed by atoms with van der Waals surface area (Å²) < 4.78 is 10.7. The molecule has 2 aromatic heterocycles.